The molecule has 1 aromatic carbocycles. The number of ether oxygens (including phenoxy) is 3. The third-order valence-electron chi connectivity index (χ3n) is 5.09. The molecule has 1 aromatic rings. The van der Waals surface area contributed by atoms with Crippen LogP contribution in [-0.4, -0.2) is 56.6 Å². The lowest BCUT2D eigenvalue weighted by Crippen LogP contribution is -2.58. The summed E-state index contributed by atoms with van der Waals surface area (Å²) >= 11 is 0. The lowest BCUT2D eigenvalue weighted by molar-refractivity contribution is -0.0715. The molecular formula is C17H25NO4. The van der Waals surface area contributed by atoms with Crippen molar-refractivity contribution in [2.24, 2.45) is 5.92 Å². The molecule has 122 valence electrons. The molecule has 22 heavy (non-hydrogen) atoms. The Labute approximate surface area is 131 Å². The van der Waals surface area contributed by atoms with Gasteiger partial charge in [0.2, 0.25) is 5.75 Å². The van der Waals surface area contributed by atoms with Crippen LogP contribution in [0.2, 0.25) is 0 Å². The Morgan fingerprint density at radius 1 is 1.05 bits per heavy atom. The van der Waals surface area contributed by atoms with E-state index in [0.717, 1.165) is 37.9 Å². The number of methoxy groups -OCH3 is 3. The quantitative estimate of drug-likeness (QED) is 0.897. The molecule has 4 rings (SSSR count). The third-order valence-corrected chi connectivity index (χ3v) is 5.09. The molecule has 3 heterocycles. The molecule has 0 aliphatic carbocycles. The van der Waals surface area contributed by atoms with Gasteiger partial charge in [-0.2, -0.15) is 0 Å². The molecule has 2 bridgehead atoms. The third kappa shape index (κ3) is 2.63. The van der Waals surface area contributed by atoms with E-state index in [-0.39, 0.29) is 12.1 Å². The second-order valence-corrected chi connectivity index (χ2v) is 6.17. The number of hydrogen-bond acceptors (Lipinski definition) is 5. The van der Waals surface area contributed by atoms with Crippen LogP contribution in [-0.2, 0) is 6.42 Å². The first-order chi connectivity index (χ1) is 10.7. The van der Waals surface area contributed by atoms with Crippen LogP contribution in [0.5, 0.6) is 17.2 Å². The Hall–Kier alpha value is -1.46. The fraction of sp³-hybridized carbons (Fsp3) is 0.647. The summed E-state index contributed by atoms with van der Waals surface area (Å²) in [5, 5.41) is 10.5. The van der Waals surface area contributed by atoms with Crippen LogP contribution in [0, 0.1) is 5.92 Å². The number of rotatable bonds is 5. The van der Waals surface area contributed by atoms with Crippen molar-refractivity contribution in [3.05, 3.63) is 17.7 Å². The molecule has 3 aliphatic heterocycles. The number of hydrogen-bond donors (Lipinski definition) is 1. The first kappa shape index (κ1) is 15.4. The Morgan fingerprint density at radius 2 is 1.64 bits per heavy atom. The number of fused-ring (bicyclic) bond motifs is 3. The molecule has 3 fully saturated rings. The molecule has 3 aliphatic rings. The molecule has 0 aromatic heterocycles. The summed E-state index contributed by atoms with van der Waals surface area (Å²) in [4.78, 5) is 2.41. The second kappa shape index (κ2) is 6.34. The van der Waals surface area contributed by atoms with E-state index >= 15 is 0 Å². The van der Waals surface area contributed by atoms with Crippen molar-refractivity contribution in [1.82, 2.24) is 4.90 Å². The summed E-state index contributed by atoms with van der Waals surface area (Å²) in [7, 11) is 4.86. The summed E-state index contributed by atoms with van der Waals surface area (Å²) in [6.45, 7) is 2.19. The minimum atomic E-state index is -0.235. The predicted octanol–water partition coefficient (Wildman–Crippen LogP) is 1.71. The molecule has 5 nitrogen and oxygen atoms in total. The molecular weight excluding hydrogens is 282 g/mol. The lowest BCUT2D eigenvalue weighted by Gasteiger charge is -2.49. The van der Waals surface area contributed by atoms with E-state index in [0.29, 0.717) is 23.2 Å². The van der Waals surface area contributed by atoms with Gasteiger partial charge in [0.05, 0.1) is 27.4 Å². The average Bonchev–Trinajstić information content (AvgIpc) is 2.57. The Kier molecular flexibility index (Phi) is 4.45. The Bertz CT molecular complexity index is 498. The number of aliphatic hydroxyl groups is 1. The first-order valence-corrected chi connectivity index (χ1v) is 7.89. The van der Waals surface area contributed by atoms with Gasteiger partial charge in [0.15, 0.2) is 11.5 Å². The van der Waals surface area contributed by atoms with Crippen LogP contribution in [0.3, 0.4) is 0 Å². The van der Waals surface area contributed by atoms with Gasteiger partial charge in [0.25, 0.3) is 0 Å². The van der Waals surface area contributed by atoms with Crippen LogP contribution in [0.15, 0.2) is 12.1 Å². The highest BCUT2D eigenvalue weighted by Crippen LogP contribution is 2.40. The van der Waals surface area contributed by atoms with Crippen LogP contribution in [0.4, 0.5) is 0 Å². The Balaban J connectivity index is 1.86. The molecule has 2 atom stereocenters. The van der Waals surface area contributed by atoms with Crippen LogP contribution in [0.1, 0.15) is 18.4 Å². The summed E-state index contributed by atoms with van der Waals surface area (Å²) in [5.74, 6) is 2.40. The van der Waals surface area contributed by atoms with E-state index in [1.54, 1.807) is 21.3 Å². The summed E-state index contributed by atoms with van der Waals surface area (Å²) in [6.07, 6.45) is 2.80. The highest BCUT2D eigenvalue weighted by molar-refractivity contribution is 5.54. The topological polar surface area (TPSA) is 51.2 Å². The van der Waals surface area contributed by atoms with Crippen molar-refractivity contribution in [3.8, 4) is 17.2 Å². The SMILES string of the molecule is COc1cc(C[C@H]2[C@@H](O)C3CCN2CC3)cc(OC)c1OC. The van der Waals surface area contributed by atoms with E-state index < -0.39 is 0 Å². The van der Waals surface area contributed by atoms with E-state index in [1.807, 2.05) is 12.1 Å². The van der Waals surface area contributed by atoms with Crippen molar-refractivity contribution >= 4 is 0 Å². The monoisotopic (exact) mass is 307 g/mol. The van der Waals surface area contributed by atoms with Gasteiger partial charge < -0.3 is 19.3 Å². The molecule has 0 unspecified atom stereocenters. The zero-order valence-corrected chi connectivity index (χ0v) is 13.5. The predicted molar refractivity (Wildman–Crippen MR) is 83.9 cm³/mol. The maximum Gasteiger partial charge on any atom is 0.203 e. The minimum absolute atomic E-state index is 0.190. The van der Waals surface area contributed by atoms with Crippen LogP contribution >= 0.6 is 0 Å². The maximum absolute atomic E-state index is 10.5. The number of nitrogens with zero attached hydrogens (tertiary/aromatic N) is 1. The number of benzene rings is 1. The molecule has 5 heteroatoms. The largest absolute Gasteiger partial charge is 0.493 e. The van der Waals surface area contributed by atoms with Gasteiger partial charge in [-0.3, -0.25) is 4.90 Å². The summed E-state index contributed by atoms with van der Waals surface area (Å²) < 4.78 is 16.2. The van der Waals surface area contributed by atoms with Crippen molar-refractivity contribution in [3.63, 3.8) is 0 Å². The minimum Gasteiger partial charge on any atom is -0.493 e. The van der Waals surface area contributed by atoms with Gasteiger partial charge in [-0.15, -0.1) is 0 Å². The van der Waals surface area contributed by atoms with E-state index in [9.17, 15) is 5.11 Å². The van der Waals surface area contributed by atoms with Gasteiger partial charge in [0, 0.05) is 6.04 Å². The van der Waals surface area contributed by atoms with Crippen LogP contribution < -0.4 is 14.2 Å². The first-order valence-electron chi connectivity index (χ1n) is 7.89. The summed E-state index contributed by atoms with van der Waals surface area (Å²) in [5.41, 5.74) is 1.10. The normalized spacial score (nSPS) is 30.2. The van der Waals surface area contributed by atoms with Gasteiger partial charge >= 0.3 is 0 Å². The Morgan fingerprint density at radius 3 is 2.09 bits per heavy atom. The smallest absolute Gasteiger partial charge is 0.203 e. The van der Waals surface area contributed by atoms with Gasteiger partial charge in [0.1, 0.15) is 0 Å². The number of piperidine rings is 3. The van der Waals surface area contributed by atoms with Gasteiger partial charge in [-0.25, -0.2) is 0 Å². The standard InChI is InChI=1S/C17H25NO4/c1-20-14-9-11(10-15(21-2)17(14)22-3)8-13-16(19)12-4-6-18(13)7-5-12/h9-10,12-13,16,19H,4-8H2,1-3H3/t13-,16-/m0/s1. The van der Waals surface area contributed by atoms with Crippen molar-refractivity contribution in [2.75, 3.05) is 34.4 Å². The average molecular weight is 307 g/mol. The highest BCUT2D eigenvalue weighted by atomic mass is 16.5. The highest BCUT2D eigenvalue weighted by Gasteiger charge is 2.41. The van der Waals surface area contributed by atoms with E-state index in [1.165, 1.54) is 0 Å². The van der Waals surface area contributed by atoms with Crippen LogP contribution in [0.25, 0.3) is 0 Å². The molecule has 0 amide bonds. The van der Waals surface area contributed by atoms with Gasteiger partial charge in [-0.1, -0.05) is 0 Å². The van der Waals surface area contributed by atoms with Crippen molar-refractivity contribution in [1.29, 1.82) is 0 Å². The zero-order chi connectivity index (χ0) is 15.7. The molecule has 0 saturated carbocycles. The summed E-state index contributed by atoms with van der Waals surface area (Å²) in [6, 6.07) is 4.16. The lowest BCUT2D eigenvalue weighted by atomic mass is 9.78. The van der Waals surface area contributed by atoms with Gasteiger partial charge in [-0.05, 0) is 56.0 Å². The van der Waals surface area contributed by atoms with E-state index in [4.69, 9.17) is 14.2 Å². The zero-order valence-electron chi connectivity index (χ0n) is 13.5. The fourth-order valence-electron chi connectivity index (χ4n) is 3.87. The van der Waals surface area contributed by atoms with E-state index in [2.05, 4.69) is 4.90 Å². The van der Waals surface area contributed by atoms with Crippen molar-refractivity contribution in [2.45, 2.75) is 31.4 Å². The second-order valence-electron chi connectivity index (χ2n) is 6.17. The number of aliphatic hydroxyl groups excluding tert-OH is 1. The van der Waals surface area contributed by atoms with Crippen molar-refractivity contribution < 1.29 is 19.3 Å². The molecule has 0 radical (unpaired) electrons. The molecule has 0 spiro atoms. The maximum atomic E-state index is 10.5. The molecule has 3 saturated heterocycles. The fourth-order valence-corrected chi connectivity index (χ4v) is 3.87. The molecule has 1 N–H and O–H groups in total.